The zero-order valence-corrected chi connectivity index (χ0v) is 19.9. The maximum absolute atomic E-state index is 12.9. The lowest BCUT2D eigenvalue weighted by molar-refractivity contribution is 0.0537. The maximum Gasteiger partial charge on any atom is 0.274 e. The summed E-state index contributed by atoms with van der Waals surface area (Å²) >= 11 is 0. The Hall–Kier alpha value is -3.50. The number of carbonyl (C=O) groups is 2. The fourth-order valence-electron chi connectivity index (χ4n) is 4.26. The fourth-order valence-corrected chi connectivity index (χ4v) is 4.26. The summed E-state index contributed by atoms with van der Waals surface area (Å²) in [6, 6.07) is 5.30. The van der Waals surface area contributed by atoms with Crippen LogP contribution in [0.15, 0.2) is 30.7 Å². The molecule has 10 nitrogen and oxygen atoms in total. The predicted molar refractivity (Wildman–Crippen MR) is 129 cm³/mol. The molecule has 34 heavy (non-hydrogen) atoms. The maximum atomic E-state index is 12.9. The summed E-state index contributed by atoms with van der Waals surface area (Å²) in [5.41, 5.74) is 6.47. The van der Waals surface area contributed by atoms with E-state index >= 15 is 0 Å². The molecule has 0 radical (unpaired) electrons. The van der Waals surface area contributed by atoms with Crippen LogP contribution >= 0.6 is 0 Å². The van der Waals surface area contributed by atoms with Crippen molar-refractivity contribution in [3.05, 3.63) is 53.0 Å². The number of anilines is 2. The van der Waals surface area contributed by atoms with E-state index in [1.165, 1.54) is 32.7 Å². The highest BCUT2D eigenvalue weighted by atomic mass is 16.6. The van der Waals surface area contributed by atoms with E-state index in [2.05, 4.69) is 31.1 Å². The molecule has 0 unspecified atom stereocenters. The molecular weight excluding hydrogens is 434 g/mol. The molecule has 1 fully saturated rings. The standard InChI is InChI=1S/C24H31N7O3/c1-16-7-8-18(23(32)29-34-3)13-20(16)28-22-21-17(2)19(14-31(21)27-15-26-22)24(33)25-9-12-30-10-5-4-6-11-30/h7-8,13-15H,4-6,9-12H2,1-3H3,(H,25,33)(H,29,32)(H,26,27,28). The second-order valence-electron chi connectivity index (χ2n) is 8.52. The summed E-state index contributed by atoms with van der Waals surface area (Å²) in [4.78, 5) is 36.6. The summed E-state index contributed by atoms with van der Waals surface area (Å²) in [7, 11) is 1.39. The van der Waals surface area contributed by atoms with Gasteiger partial charge in [-0.15, -0.1) is 0 Å². The summed E-state index contributed by atoms with van der Waals surface area (Å²) in [5, 5.41) is 10.6. The first kappa shape index (κ1) is 23.7. The first-order chi connectivity index (χ1) is 16.5. The van der Waals surface area contributed by atoms with Crippen LogP contribution in [0.5, 0.6) is 0 Å². The van der Waals surface area contributed by atoms with Gasteiger partial charge in [-0.3, -0.25) is 14.4 Å². The smallest absolute Gasteiger partial charge is 0.274 e. The summed E-state index contributed by atoms with van der Waals surface area (Å²) in [5.74, 6) is 0.0772. The topological polar surface area (TPSA) is 113 Å². The highest BCUT2D eigenvalue weighted by Gasteiger charge is 2.19. The summed E-state index contributed by atoms with van der Waals surface area (Å²) in [6.07, 6.45) is 6.91. The molecule has 0 atom stereocenters. The van der Waals surface area contributed by atoms with Gasteiger partial charge in [-0.05, 0) is 63.0 Å². The Labute approximate surface area is 198 Å². The Morgan fingerprint density at radius 3 is 2.68 bits per heavy atom. The molecule has 0 spiro atoms. The third-order valence-electron chi connectivity index (χ3n) is 6.18. The molecule has 3 aromatic rings. The van der Waals surface area contributed by atoms with E-state index < -0.39 is 0 Å². The van der Waals surface area contributed by atoms with E-state index in [9.17, 15) is 9.59 Å². The number of nitrogens with one attached hydrogen (secondary N) is 3. The van der Waals surface area contributed by atoms with Crippen LogP contribution in [0.4, 0.5) is 11.5 Å². The Morgan fingerprint density at radius 2 is 1.91 bits per heavy atom. The molecule has 2 amide bonds. The molecule has 1 aromatic carbocycles. The van der Waals surface area contributed by atoms with E-state index in [4.69, 9.17) is 4.84 Å². The van der Waals surface area contributed by atoms with Gasteiger partial charge in [-0.1, -0.05) is 12.5 Å². The van der Waals surface area contributed by atoms with Crippen LogP contribution in [-0.4, -0.2) is 64.6 Å². The quantitative estimate of drug-likeness (QED) is 0.438. The molecule has 1 aliphatic rings. The third-order valence-corrected chi connectivity index (χ3v) is 6.18. The van der Waals surface area contributed by atoms with Crippen molar-refractivity contribution in [1.29, 1.82) is 0 Å². The molecule has 1 aliphatic heterocycles. The summed E-state index contributed by atoms with van der Waals surface area (Å²) in [6.45, 7) is 7.49. The van der Waals surface area contributed by atoms with Crippen molar-refractivity contribution in [2.75, 3.05) is 38.6 Å². The number of carbonyl (C=O) groups excluding carboxylic acids is 2. The number of fused-ring (bicyclic) bond motifs is 1. The Kier molecular flexibility index (Phi) is 7.39. The van der Waals surface area contributed by atoms with Gasteiger partial charge in [0.1, 0.15) is 11.8 Å². The van der Waals surface area contributed by atoms with Gasteiger partial charge in [0.05, 0.1) is 12.7 Å². The minimum Gasteiger partial charge on any atom is -0.351 e. The van der Waals surface area contributed by atoms with Gasteiger partial charge in [0.15, 0.2) is 5.82 Å². The summed E-state index contributed by atoms with van der Waals surface area (Å²) < 4.78 is 1.65. The number of nitrogens with zero attached hydrogens (tertiary/aromatic N) is 4. The lowest BCUT2D eigenvalue weighted by atomic mass is 10.1. The number of hydrogen-bond acceptors (Lipinski definition) is 7. The van der Waals surface area contributed by atoms with Gasteiger partial charge in [0.25, 0.3) is 11.8 Å². The van der Waals surface area contributed by atoms with E-state index in [0.717, 1.165) is 36.4 Å². The van der Waals surface area contributed by atoms with Crippen LogP contribution in [0, 0.1) is 13.8 Å². The lowest BCUT2D eigenvalue weighted by Gasteiger charge is -2.26. The zero-order valence-electron chi connectivity index (χ0n) is 19.9. The molecule has 3 heterocycles. The average molecular weight is 466 g/mol. The van der Waals surface area contributed by atoms with Crippen LogP contribution in [0.2, 0.25) is 0 Å². The number of aromatic nitrogens is 3. The van der Waals surface area contributed by atoms with Crippen molar-refractivity contribution in [3.8, 4) is 0 Å². The van der Waals surface area contributed by atoms with Crippen molar-refractivity contribution < 1.29 is 14.4 Å². The molecule has 1 saturated heterocycles. The minimum absolute atomic E-state index is 0.125. The number of amides is 2. The van der Waals surface area contributed by atoms with Crippen LogP contribution in [0.1, 0.15) is 51.1 Å². The number of hydroxylamine groups is 1. The number of aryl methyl sites for hydroxylation is 2. The number of rotatable bonds is 8. The monoisotopic (exact) mass is 465 g/mol. The molecule has 10 heteroatoms. The van der Waals surface area contributed by atoms with Gasteiger partial charge in [-0.25, -0.2) is 15.0 Å². The molecular formula is C24H31N7O3. The molecule has 0 aliphatic carbocycles. The van der Waals surface area contributed by atoms with E-state index in [1.807, 2.05) is 19.9 Å². The van der Waals surface area contributed by atoms with Gasteiger partial charge in [0, 0.05) is 30.5 Å². The number of likely N-dealkylation sites (tertiary alicyclic amines) is 1. The molecule has 0 saturated carbocycles. The van der Waals surface area contributed by atoms with Crippen molar-refractivity contribution >= 4 is 28.8 Å². The van der Waals surface area contributed by atoms with Crippen molar-refractivity contribution in [3.63, 3.8) is 0 Å². The first-order valence-corrected chi connectivity index (χ1v) is 11.5. The molecule has 4 rings (SSSR count). The van der Waals surface area contributed by atoms with Crippen LogP contribution < -0.4 is 16.1 Å². The highest BCUT2D eigenvalue weighted by Crippen LogP contribution is 2.27. The second-order valence-corrected chi connectivity index (χ2v) is 8.52. The molecule has 2 aromatic heterocycles. The second kappa shape index (κ2) is 10.6. The van der Waals surface area contributed by atoms with Gasteiger partial charge < -0.3 is 15.5 Å². The van der Waals surface area contributed by atoms with E-state index in [-0.39, 0.29) is 11.8 Å². The molecule has 180 valence electrons. The Morgan fingerprint density at radius 1 is 1.12 bits per heavy atom. The average Bonchev–Trinajstić information content (AvgIpc) is 3.18. The minimum atomic E-state index is -0.347. The molecule has 0 bridgehead atoms. The zero-order chi connectivity index (χ0) is 24.1. The number of hydrogen-bond donors (Lipinski definition) is 3. The van der Waals surface area contributed by atoms with Crippen LogP contribution in [0.25, 0.3) is 5.52 Å². The van der Waals surface area contributed by atoms with Gasteiger partial charge in [0.2, 0.25) is 0 Å². The first-order valence-electron chi connectivity index (χ1n) is 11.5. The fraction of sp³-hybridized carbons (Fsp3) is 0.417. The van der Waals surface area contributed by atoms with Gasteiger partial charge >= 0.3 is 0 Å². The number of piperidine rings is 1. The van der Waals surface area contributed by atoms with Crippen molar-refractivity contribution in [1.82, 2.24) is 30.3 Å². The normalized spacial score (nSPS) is 14.2. The predicted octanol–water partition coefficient (Wildman–Crippen LogP) is 2.60. The van der Waals surface area contributed by atoms with Crippen LogP contribution in [-0.2, 0) is 4.84 Å². The lowest BCUT2D eigenvalue weighted by Crippen LogP contribution is -2.37. The van der Waals surface area contributed by atoms with E-state index in [1.54, 1.807) is 22.8 Å². The van der Waals surface area contributed by atoms with Gasteiger partial charge in [-0.2, -0.15) is 5.10 Å². The van der Waals surface area contributed by atoms with Crippen molar-refractivity contribution in [2.45, 2.75) is 33.1 Å². The Bertz CT molecular complexity index is 1180. The highest BCUT2D eigenvalue weighted by molar-refractivity contribution is 5.99. The Balaban J connectivity index is 1.53. The van der Waals surface area contributed by atoms with Crippen LogP contribution in [0.3, 0.4) is 0 Å². The van der Waals surface area contributed by atoms with Crippen molar-refractivity contribution in [2.24, 2.45) is 0 Å². The molecule has 3 N–H and O–H groups in total. The largest absolute Gasteiger partial charge is 0.351 e. The number of benzene rings is 1. The third kappa shape index (κ3) is 5.18. The SMILES string of the molecule is CONC(=O)c1ccc(C)c(Nc2ncnn3cc(C(=O)NCCN4CCCCC4)c(C)c23)c1. The van der Waals surface area contributed by atoms with E-state index in [0.29, 0.717) is 29.0 Å².